The highest BCUT2D eigenvalue weighted by molar-refractivity contribution is 5.68. The Bertz CT molecular complexity index is 435. The second-order valence-corrected chi connectivity index (χ2v) is 5.42. The van der Waals surface area contributed by atoms with Crippen molar-refractivity contribution in [2.75, 3.05) is 0 Å². The minimum Gasteiger partial charge on any atom is -0.444 e. The number of amides is 1. The molecule has 0 aromatic carbocycles. The fourth-order valence-corrected chi connectivity index (χ4v) is 1.81. The van der Waals surface area contributed by atoms with Crippen LogP contribution in [-0.4, -0.2) is 33.7 Å². The van der Waals surface area contributed by atoms with Crippen LogP contribution in [0.5, 0.6) is 0 Å². The third kappa shape index (κ3) is 3.73. The second kappa shape index (κ2) is 6.14. The highest BCUT2D eigenvalue weighted by Gasteiger charge is 2.55. The standard InChI is InChI=1S/C11H21N5O5/c1-5-8(14-9(17)20-10(2,3)4)15-7-6-13-11(15,21-12)16(18)19/h6-8,13H,5,12H2,1-4H3,(H,14,17). The largest absolute Gasteiger partial charge is 0.514 e. The van der Waals surface area contributed by atoms with Crippen LogP contribution in [0.3, 0.4) is 0 Å². The fraction of sp³-hybridized carbons (Fsp3) is 0.727. The molecule has 0 saturated carbocycles. The summed E-state index contributed by atoms with van der Waals surface area (Å²) in [5.74, 6) is 2.90. The molecule has 1 aliphatic heterocycles. The molecular formula is C11H21N5O5. The van der Waals surface area contributed by atoms with Crippen molar-refractivity contribution in [2.45, 2.75) is 51.9 Å². The van der Waals surface area contributed by atoms with Gasteiger partial charge in [-0.3, -0.25) is 15.4 Å². The van der Waals surface area contributed by atoms with E-state index in [1.165, 1.54) is 12.4 Å². The maximum absolute atomic E-state index is 11.8. The van der Waals surface area contributed by atoms with E-state index in [9.17, 15) is 14.9 Å². The molecule has 1 heterocycles. The predicted molar refractivity (Wildman–Crippen MR) is 72.6 cm³/mol. The van der Waals surface area contributed by atoms with Gasteiger partial charge in [-0.2, -0.15) is 4.84 Å². The monoisotopic (exact) mass is 303 g/mol. The predicted octanol–water partition coefficient (Wildman–Crippen LogP) is 0.402. The number of nitrogens with one attached hydrogen (secondary N) is 2. The molecule has 2 unspecified atom stereocenters. The van der Waals surface area contributed by atoms with Crippen LogP contribution in [-0.2, 0) is 9.57 Å². The summed E-state index contributed by atoms with van der Waals surface area (Å²) in [6.45, 7) is 6.90. The van der Waals surface area contributed by atoms with Crippen molar-refractivity contribution in [1.82, 2.24) is 15.5 Å². The first-order valence-electron chi connectivity index (χ1n) is 6.41. The number of nitrogens with zero attached hydrogens (tertiary/aromatic N) is 2. The van der Waals surface area contributed by atoms with Crippen LogP contribution in [0.1, 0.15) is 34.1 Å². The van der Waals surface area contributed by atoms with Gasteiger partial charge in [0.15, 0.2) is 0 Å². The van der Waals surface area contributed by atoms with E-state index in [2.05, 4.69) is 15.5 Å². The van der Waals surface area contributed by atoms with Gasteiger partial charge in [-0.15, -0.1) is 0 Å². The highest BCUT2D eigenvalue weighted by atomic mass is 16.8. The number of carbonyl (C=O) groups is 1. The van der Waals surface area contributed by atoms with Gasteiger partial charge in [-0.05, 0) is 27.2 Å². The molecule has 1 rings (SSSR count). The average molecular weight is 303 g/mol. The summed E-state index contributed by atoms with van der Waals surface area (Å²) >= 11 is 0. The number of alkyl carbamates (subject to hydrolysis) is 1. The summed E-state index contributed by atoms with van der Waals surface area (Å²) in [6, 6.07) is 0. The van der Waals surface area contributed by atoms with Gasteiger partial charge in [0.2, 0.25) is 0 Å². The normalized spacial score (nSPS) is 22.6. The van der Waals surface area contributed by atoms with Crippen molar-refractivity contribution >= 4 is 6.09 Å². The average Bonchev–Trinajstić information content (AvgIpc) is 2.78. The molecule has 0 aliphatic carbocycles. The van der Waals surface area contributed by atoms with E-state index in [4.69, 9.17) is 10.6 Å². The van der Waals surface area contributed by atoms with Crippen LogP contribution in [0.25, 0.3) is 0 Å². The molecule has 0 saturated heterocycles. The summed E-state index contributed by atoms with van der Waals surface area (Å²) in [4.78, 5) is 28.0. The molecule has 0 bridgehead atoms. The van der Waals surface area contributed by atoms with E-state index in [-0.39, 0.29) is 0 Å². The van der Waals surface area contributed by atoms with E-state index >= 15 is 0 Å². The van der Waals surface area contributed by atoms with Crippen LogP contribution in [0, 0.1) is 10.1 Å². The zero-order chi connectivity index (χ0) is 16.3. The summed E-state index contributed by atoms with van der Waals surface area (Å²) in [5.41, 5.74) is -0.675. The first-order valence-corrected chi connectivity index (χ1v) is 6.41. The van der Waals surface area contributed by atoms with E-state index in [1.807, 2.05) is 0 Å². The first kappa shape index (κ1) is 17.0. The summed E-state index contributed by atoms with van der Waals surface area (Å²) in [6.07, 6.45) is 1.63. The van der Waals surface area contributed by atoms with Gasteiger partial charge >= 0.3 is 12.1 Å². The molecule has 0 fully saturated rings. The van der Waals surface area contributed by atoms with Crippen LogP contribution < -0.4 is 16.5 Å². The van der Waals surface area contributed by atoms with Gasteiger partial charge in [0.1, 0.15) is 16.7 Å². The Balaban J connectivity index is 2.86. The van der Waals surface area contributed by atoms with Crippen LogP contribution >= 0.6 is 0 Å². The van der Waals surface area contributed by atoms with Crippen molar-refractivity contribution in [3.05, 3.63) is 22.5 Å². The molecule has 21 heavy (non-hydrogen) atoms. The Hall–Kier alpha value is -2.07. The highest BCUT2D eigenvalue weighted by Crippen LogP contribution is 2.22. The van der Waals surface area contributed by atoms with E-state index < -0.39 is 28.8 Å². The molecule has 10 nitrogen and oxygen atoms in total. The number of nitro groups is 1. The van der Waals surface area contributed by atoms with Crippen molar-refractivity contribution in [2.24, 2.45) is 5.90 Å². The molecule has 0 spiro atoms. The van der Waals surface area contributed by atoms with Crippen molar-refractivity contribution < 1.29 is 19.3 Å². The van der Waals surface area contributed by atoms with Gasteiger partial charge in [-0.1, -0.05) is 6.92 Å². The van der Waals surface area contributed by atoms with Gasteiger partial charge < -0.3 is 10.1 Å². The lowest BCUT2D eigenvalue weighted by Gasteiger charge is -2.34. The number of rotatable bonds is 5. The lowest BCUT2D eigenvalue weighted by molar-refractivity contribution is -0.668. The lowest BCUT2D eigenvalue weighted by atomic mass is 10.2. The third-order valence-corrected chi connectivity index (χ3v) is 2.67. The Labute approximate surface area is 122 Å². The van der Waals surface area contributed by atoms with Crippen molar-refractivity contribution in [1.29, 1.82) is 0 Å². The van der Waals surface area contributed by atoms with Crippen LogP contribution in [0.4, 0.5) is 4.79 Å². The number of hydrogen-bond donors (Lipinski definition) is 3. The van der Waals surface area contributed by atoms with Gasteiger partial charge in [0.05, 0.1) is 0 Å². The maximum atomic E-state index is 11.8. The Morgan fingerprint density at radius 3 is 2.67 bits per heavy atom. The zero-order valence-electron chi connectivity index (χ0n) is 12.5. The Morgan fingerprint density at radius 2 is 2.24 bits per heavy atom. The van der Waals surface area contributed by atoms with Crippen LogP contribution in [0.15, 0.2) is 12.4 Å². The smallest absolute Gasteiger partial charge is 0.444 e. The molecule has 0 aromatic rings. The fourth-order valence-electron chi connectivity index (χ4n) is 1.81. The van der Waals surface area contributed by atoms with E-state index in [1.54, 1.807) is 27.7 Å². The number of nitrogens with two attached hydrogens (primary N) is 1. The van der Waals surface area contributed by atoms with Crippen molar-refractivity contribution in [3.8, 4) is 0 Å². The molecular weight excluding hydrogens is 282 g/mol. The summed E-state index contributed by atoms with van der Waals surface area (Å²) in [7, 11) is 0. The Kier molecular flexibility index (Phi) is 4.97. The topological polar surface area (TPSA) is 132 Å². The summed E-state index contributed by atoms with van der Waals surface area (Å²) in [5, 5.41) is 16.2. The van der Waals surface area contributed by atoms with Gasteiger partial charge in [0, 0.05) is 12.4 Å². The number of hydrogen-bond acceptors (Lipinski definition) is 8. The molecule has 0 radical (unpaired) electrons. The molecule has 0 aromatic heterocycles. The van der Waals surface area contributed by atoms with Gasteiger partial charge in [0.25, 0.3) is 0 Å². The zero-order valence-corrected chi connectivity index (χ0v) is 12.5. The van der Waals surface area contributed by atoms with Gasteiger partial charge in [-0.25, -0.2) is 15.6 Å². The van der Waals surface area contributed by atoms with E-state index in [0.29, 0.717) is 6.42 Å². The SMILES string of the molecule is CCC(NC(=O)OC(C)(C)C)N1C=CNC1(ON)[N+](=O)[O-]. The number of carbonyl (C=O) groups excluding carboxylic acids is 1. The molecule has 120 valence electrons. The first-order chi connectivity index (χ1) is 9.66. The molecule has 1 aliphatic rings. The Morgan fingerprint density at radius 1 is 1.62 bits per heavy atom. The molecule has 10 heteroatoms. The summed E-state index contributed by atoms with van der Waals surface area (Å²) < 4.78 is 5.13. The third-order valence-electron chi connectivity index (χ3n) is 2.67. The molecule has 2 atom stereocenters. The minimum atomic E-state index is -2.16. The van der Waals surface area contributed by atoms with Crippen molar-refractivity contribution in [3.63, 3.8) is 0 Å². The lowest BCUT2D eigenvalue weighted by Crippen LogP contribution is -2.66. The minimum absolute atomic E-state index is 0.365. The second-order valence-electron chi connectivity index (χ2n) is 5.42. The molecule has 1 amide bonds. The van der Waals surface area contributed by atoms with E-state index in [0.717, 1.165) is 4.90 Å². The molecule has 4 N–H and O–H groups in total. The van der Waals surface area contributed by atoms with Crippen LogP contribution in [0.2, 0.25) is 0 Å². The number of ether oxygens (including phenoxy) is 1. The maximum Gasteiger partial charge on any atom is 0.514 e. The quantitative estimate of drug-likeness (QED) is 0.378.